The van der Waals surface area contributed by atoms with Crippen LogP contribution in [-0.4, -0.2) is 18.1 Å². The molecule has 1 aromatic heterocycles. The van der Waals surface area contributed by atoms with E-state index in [4.69, 9.17) is 0 Å². The second-order valence-electron chi connectivity index (χ2n) is 2.30. The van der Waals surface area contributed by atoms with Crippen LogP contribution in [0.15, 0.2) is 17.5 Å². The van der Waals surface area contributed by atoms with E-state index in [1.807, 2.05) is 0 Å². The molecule has 1 N–H and O–H groups in total. The van der Waals surface area contributed by atoms with Gasteiger partial charge >= 0.3 is 12.1 Å². The molecule has 0 atom stereocenters. The summed E-state index contributed by atoms with van der Waals surface area (Å²) in [7, 11) is 0. The minimum Gasteiger partial charge on any atom is -0.332 e. The summed E-state index contributed by atoms with van der Waals surface area (Å²) in [6, 6.07) is 2.91. The van der Waals surface area contributed by atoms with Gasteiger partial charge in [0.15, 0.2) is 0 Å². The van der Waals surface area contributed by atoms with Crippen molar-refractivity contribution in [1.29, 1.82) is 0 Å². The third-order valence-electron chi connectivity index (χ3n) is 1.21. The molecule has 0 spiro atoms. The number of amides is 1. The highest BCUT2D eigenvalue weighted by molar-refractivity contribution is 7.12. The third kappa shape index (κ3) is 3.24. The van der Waals surface area contributed by atoms with Gasteiger partial charge in [-0.05, 0) is 11.4 Å². The first-order valence-electron chi connectivity index (χ1n) is 3.53. The van der Waals surface area contributed by atoms with E-state index in [9.17, 15) is 22.8 Å². The van der Waals surface area contributed by atoms with Crippen LogP contribution in [0.5, 0.6) is 0 Å². The molecule has 0 unspecified atom stereocenters. The number of carbonyl (C=O) groups is 2. The Morgan fingerprint density at radius 2 is 2.07 bits per heavy atom. The Morgan fingerprint density at radius 3 is 2.53 bits per heavy atom. The zero-order chi connectivity index (χ0) is 11.5. The largest absolute Gasteiger partial charge is 0.493 e. The Bertz CT molecular complexity index is 360. The summed E-state index contributed by atoms with van der Waals surface area (Å²) in [5, 5.41) is 1.56. The molecule has 0 bridgehead atoms. The molecule has 1 rings (SSSR count). The van der Waals surface area contributed by atoms with Crippen LogP contribution in [0.25, 0.3) is 0 Å². The Morgan fingerprint density at radius 1 is 1.40 bits per heavy atom. The fourth-order valence-corrected chi connectivity index (χ4v) is 1.22. The standard InChI is InChI=1S/C7H4F3NO3S/c8-7(9,10)6(13)14-11-5(12)4-2-1-3-15-4/h1-3H,(H,11,12). The molecule has 0 saturated carbocycles. The summed E-state index contributed by atoms with van der Waals surface area (Å²) in [5.41, 5.74) is 1.39. The van der Waals surface area contributed by atoms with Gasteiger partial charge in [-0.1, -0.05) is 6.07 Å². The van der Waals surface area contributed by atoms with Crippen LogP contribution < -0.4 is 5.48 Å². The van der Waals surface area contributed by atoms with Crippen molar-refractivity contribution in [3.05, 3.63) is 22.4 Å². The maximum absolute atomic E-state index is 11.6. The average Bonchev–Trinajstić information content (AvgIpc) is 2.64. The zero-order valence-electron chi connectivity index (χ0n) is 7.00. The summed E-state index contributed by atoms with van der Waals surface area (Å²) in [6.07, 6.45) is -5.12. The van der Waals surface area contributed by atoms with Crippen molar-refractivity contribution in [2.45, 2.75) is 6.18 Å². The number of hydroxylamine groups is 1. The van der Waals surface area contributed by atoms with Gasteiger partial charge in [-0.3, -0.25) is 4.79 Å². The lowest BCUT2D eigenvalue weighted by Crippen LogP contribution is -2.34. The summed E-state index contributed by atoms with van der Waals surface area (Å²) in [4.78, 5) is 24.9. The first kappa shape index (κ1) is 11.5. The second kappa shape index (κ2) is 4.30. The summed E-state index contributed by atoms with van der Waals surface area (Å²) >= 11 is 1.01. The molecule has 0 radical (unpaired) electrons. The van der Waals surface area contributed by atoms with Crippen molar-refractivity contribution >= 4 is 23.2 Å². The normalized spacial score (nSPS) is 10.9. The molecule has 0 aliphatic heterocycles. The molecule has 0 fully saturated rings. The lowest BCUT2D eigenvalue weighted by Gasteiger charge is -2.06. The van der Waals surface area contributed by atoms with Crippen LogP contribution in [0.3, 0.4) is 0 Å². The molecule has 8 heteroatoms. The van der Waals surface area contributed by atoms with Crippen molar-refractivity contribution in [3.8, 4) is 0 Å². The molecule has 1 aromatic rings. The predicted molar refractivity (Wildman–Crippen MR) is 43.9 cm³/mol. The first-order chi connectivity index (χ1) is 6.91. The van der Waals surface area contributed by atoms with E-state index in [1.165, 1.54) is 17.6 Å². The molecule has 0 saturated heterocycles. The van der Waals surface area contributed by atoms with Crippen molar-refractivity contribution in [2.24, 2.45) is 0 Å². The molecule has 0 aliphatic rings. The quantitative estimate of drug-likeness (QED) is 0.755. The second-order valence-corrected chi connectivity index (χ2v) is 3.24. The highest BCUT2D eigenvalue weighted by atomic mass is 32.1. The zero-order valence-corrected chi connectivity index (χ0v) is 7.82. The molecule has 1 heterocycles. The SMILES string of the molecule is O=C(NOC(=O)C(F)(F)F)c1cccs1. The predicted octanol–water partition coefficient (Wildman–Crippen LogP) is 1.50. The van der Waals surface area contributed by atoms with Gasteiger partial charge in [0.1, 0.15) is 0 Å². The van der Waals surface area contributed by atoms with Crippen LogP contribution in [0.2, 0.25) is 0 Å². The molecule has 1 amide bonds. The van der Waals surface area contributed by atoms with Gasteiger partial charge in [-0.2, -0.15) is 18.7 Å². The fourth-order valence-electron chi connectivity index (χ4n) is 0.609. The fraction of sp³-hybridized carbons (Fsp3) is 0.143. The Kier molecular flexibility index (Phi) is 3.30. The maximum Gasteiger partial charge on any atom is 0.493 e. The van der Waals surface area contributed by atoms with E-state index in [0.717, 1.165) is 11.3 Å². The molecule has 0 aliphatic carbocycles. The van der Waals surface area contributed by atoms with E-state index >= 15 is 0 Å². The number of carbonyl (C=O) groups excluding carboxylic acids is 2. The van der Waals surface area contributed by atoms with E-state index < -0.39 is 18.1 Å². The highest BCUT2D eigenvalue weighted by Crippen LogP contribution is 2.16. The first-order valence-corrected chi connectivity index (χ1v) is 4.41. The summed E-state index contributed by atoms with van der Waals surface area (Å²) in [6.45, 7) is 0. The average molecular weight is 239 g/mol. The minimum absolute atomic E-state index is 0.143. The molecule has 0 aromatic carbocycles. The maximum atomic E-state index is 11.6. The van der Waals surface area contributed by atoms with Crippen LogP contribution in [0.1, 0.15) is 9.67 Å². The van der Waals surface area contributed by atoms with Crippen LogP contribution >= 0.6 is 11.3 Å². The Balaban J connectivity index is 2.45. The van der Waals surface area contributed by atoms with Gasteiger partial charge in [-0.25, -0.2) is 4.79 Å². The number of thiophene rings is 1. The Labute approximate surface area is 85.6 Å². The summed E-state index contributed by atoms with van der Waals surface area (Å²) in [5.74, 6) is -3.37. The van der Waals surface area contributed by atoms with Crippen molar-refractivity contribution < 1.29 is 27.6 Å². The third-order valence-corrected chi connectivity index (χ3v) is 2.08. The number of nitrogens with one attached hydrogen (secondary N) is 1. The lowest BCUT2D eigenvalue weighted by molar-refractivity contribution is -0.204. The number of alkyl halides is 3. The number of hydrogen-bond donors (Lipinski definition) is 1. The van der Waals surface area contributed by atoms with Gasteiger partial charge in [-0.15, -0.1) is 11.3 Å². The molecule has 15 heavy (non-hydrogen) atoms. The molecule has 82 valence electrons. The topological polar surface area (TPSA) is 55.4 Å². The highest BCUT2D eigenvalue weighted by Gasteiger charge is 2.42. The van der Waals surface area contributed by atoms with Gasteiger partial charge < -0.3 is 4.84 Å². The van der Waals surface area contributed by atoms with Crippen molar-refractivity contribution in [2.75, 3.05) is 0 Å². The lowest BCUT2D eigenvalue weighted by atomic mass is 10.5. The van der Waals surface area contributed by atoms with E-state index in [0.29, 0.717) is 0 Å². The van der Waals surface area contributed by atoms with Gasteiger partial charge in [0.05, 0.1) is 4.88 Å². The van der Waals surface area contributed by atoms with E-state index in [2.05, 4.69) is 4.84 Å². The van der Waals surface area contributed by atoms with E-state index in [-0.39, 0.29) is 4.88 Å². The van der Waals surface area contributed by atoms with Crippen LogP contribution in [0.4, 0.5) is 13.2 Å². The molecular formula is C7H4F3NO3S. The monoisotopic (exact) mass is 239 g/mol. The van der Waals surface area contributed by atoms with E-state index in [1.54, 1.807) is 5.38 Å². The Hall–Kier alpha value is -1.57. The number of rotatable bonds is 1. The number of hydrogen-bond acceptors (Lipinski definition) is 4. The van der Waals surface area contributed by atoms with Crippen LogP contribution in [0, 0.1) is 0 Å². The molecule has 4 nitrogen and oxygen atoms in total. The van der Waals surface area contributed by atoms with Crippen LogP contribution in [-0.2, 0) is 9.63 Å². The molecular weight excluding hydrogens is 235 g/mol. The van der Waals surface area contributed by atoms with Gasteiger partial charge in [0.2, 0.25) is 0 Å². The summed E-state index contributed by atoms with van der Waals surface area (Å²) < 4.78 is 34.9. The smallest absolute Gasteiger partial charge is 0.332 e. The van der Waals surface area contributed by atoms with Crippen molar-refractivity contribution in [1.82, 2.24) is 5.48 Å². The van der Waals surface area contributed by atoms with Gasteiger partial charge in [0, 0.05) is 0 Å². The van der Waals surface area contributed by atoms with Crippen molar-refractivity contribution in [3.63, 3.8) is 0 Å². The van der Waals surface area contributed by atoms with Gasteiger partial charge in [0.25, 0.3) is 5.91 Å². The number of halogens is 3. The minimum atomic E-state index is -5.12.